The largest absolute Gasteiger partial charge is 0.496 e. The van der Waals surface area contributed by atoms with E-state index in [0.717, 1.165) is 48.1 Å². The van der Waals surface area contributed by atoms with Gasteiger partial charge in [0.15, 0.2) is 0 Å². The number of hydrogen-bond acceptors (Lipinski definition) is 3. The van der Waals surface area contributed by atoms with Crippen molar-refractivity contribution in [3.63, 3.8) is 0 Å². The number of benzene rings is 2. The summed E-state index contributed by atoms with van der Waals surface area (Å²) in [5.74, 6) is 0.786. The van der Waals surface area contributed by atoms with Gasteiger partial charge in [0.2, 0.25) is 0 Å². The molecule has 0 heterocycles. The second kappa shape index (κ2) is 6.24. The van der Waals surface area contributed by atoms with Crippen LogP contribution in [0.2, 0.25) is 0 Å². The van der Waals surface area contributed by atoms with E-state index in [1.807, 2.05) is 19.1 Å². The molecular formula is C18H21NO3S. The Kier molecular flexibility index (Phi) is 4.31. The minimum absolute atomic E-state index is 0.369. The molecule has 0 radical (unpaired) electrons. The van der Waals surface area contributed by atoms with Gasteiger partial charge in [0.1, 0.15) is 5.75 Å². The lowest BCUT2D eigenvalue weighted by atomic mass is 9.91. The van der Waals surface area contributed by atoms with Gasteiger partial charge in [0, 0.05) is 5.69 Å². The highest BCUT2D eigenvalue weighted by Gasteiger charge is 2.25. The van der Waals surface area contributed by atoms with Gasteiger partial charge in [-0.1, -0.05) is 17.7 Å². The Balaban J connectivity index is 2.01. The zero-order valence-corrected chi connectivity index (χ0v) is 14.2. The molecule has 0 fully saturated rings. The number of fused-ring (bicyclic) bond motifs is 1. The number of anilines is 1. The first-order valence-electron chi connectivity index (χ1n) is 7.79. The van der Waals surface area contributed by atoms with E-state index >= 15 is 0 Å². The van der Waals surface area contributed by atoms with Crippen molar-refractivity contribution in [2.24, 2.45) is 0 Å². The molecule has 1 N–H and O–H groups in total. The molecule has 0 unspecified atom stereocenters. The zero-order chi connectivity index (χ0) is 16.4. The smallest absolute Gasteiger partial charge is 0.262 e. The quantitative estimate of drug-likeness (QED) is 0.930. The summed E-state index contributed by atoms with van der Waals surface area (Å²) in [5.41, 5.74) is 3.60. The maximum atomic E-state index is 12.8. The third-order valence-electron chi connectivity index (χ3n) is 4.26. The van der Waals surface area contributed by atoms with Gasteiger partial charge in [0.05, 0.1) is 12.0 Å². The maximum Gasteiger partial charge on any atom is 0.262 e. The van der Waals surface area contributed by atoms with E-state index in [0.29, 0.717) is 10.6 Å². The summed E-state index contributed by atoms with van der Waals surface area (Å²) in [6.45, 7) is 1.97. The van der Waals surface area contributed by atoms with E-state index in [4.69, 9.17) is 4.74 Å². The highest BCUT2D eigenvalue weighted by Crippen LogP contribution is 2.34. The van der Waals surface area contributed by atoms with E-state index in [-0.39, 0.29) is 0 Å². The fraction of sp³-hybridized carbons (Fsp3) is 0.333. The maximum absolute atomic E-state index is 12.8. The molecule has 0 aromatic heterocycles. The molecule has 0 saturated carbocycles. The van der Waals surface area contributed by atoms with Gasteiger partial charge in [-0.3, -0.25) is 4.72 Å². The zero-order valence-electron chi connectivity index (χ0n) is 13.4. The first-order valence-corrected chi connectivity index (χ1v) is 9.28. The van der Waals surface area contributed by atoms with Crippen molar-refractivity contribution in [3.05, 3.63) is 53.1 Å². The Hall–Kier alpha value is -2.01. The fourth-order valence-electron chi connectivity index (χ4n) is 3.08. The molecule has 23 heavy (non-hydrogen) atoms. The minimum Gasteiger partial charge on any atom is -0.496 e. The monoisotopic (exact) mass is 331 g/mol. The predicted octanol–water partition coefficient (Wildman–Crippen LogP) is 3.68. The lowest BCUT2D eigenvalue weighted by Crippen LogP contribution is -2.18. The first-order chi connectivity index (χ1) is 11.0. The molecule has 0 aliphatic heterocycles. The van der Waals surface area contributed by atoms with Crippen LogP contribution < -0.4 is 9.46 Å². The van der Waals surface area contributed by atoms with Gasteiger partial charge in [-0.15, -0.1) is 0 Å². The van der Waals surface area contributed by atoms with Gasteiger partial charge in [0.25, 0.3) is 10.0 Å². The molecular weight excluding hydrogens is 310 g/mol. The second-order valence-electron chi connectivity index (χ2n) is 5.90. The SMILES string of the molecule is COc1ccc(S(=O)(=O)Nc2ccc(C)cc2)c2c1CCCC2. The van der Waals surface area contributed by atoms with Crippen LogP contribution in [-0.2, 0) is 22.9 Å². The van der Waals surface area contributed by atoms with Crippen molar-refractivity contribution in [2.75, 3.05) is 11.8 Å². The summed E-state index contributed by atoms with van der Waals surface area (Å²) in [5, 5.41) is 0. The van der Waals surface area contributed by atoms with E-state index in [2.05, 4.69) is 4.72 Å². The van der Waals surface area contributed by atoms with Crippen LogP contribution >= 0.6 is 0 Å². The Morgan fingerprint density at radius 2 is 1.61 bits per heavy atom. The summed E-state index contributed by atoms with van der Waals surface area (Å²) in [6.07, 6.45) is 3.72. The number of ether oxygens (including phenoxy) is 1. The average Bonchev–Trinajstić information content (AvgIpc) is 2.55. The molecule has 3 rings (SSSR count). The van der Waals surface area contributed by atoms with Crippen molar-refractivity contribution in [2.45, 2.75) is 37.5 Å². The van der Waals surface area contributed by atoms with Crippen LogP contribution in [-0.4, -0.2) is 15.5 Å². The van der Waals surface area contributed by atoms with Gasteiger partial charge >= 0.3 is 0 Å². The topological polar surface area (TPSA) is 55.4 Å². The van der Waals surface area contributed by atoms with Crippen LogP contribution in [0, 0.1) is 6.92 Å². The summed E-state index contributed by atoms with van der Waals surface area (Å²) in [4.78, 5) is 0.369. The first kappa shape index (κ1) is 15.9. The van der Waals surface area contributed by atoms with Gasteiger partial charge < -0.3 is 4.74 Å². The van der Waals surface area contributed by atoms with Gasteiger partial charge in [-0.2, -0.15) is 0 Å². The highest BCUT2D eigenvalue weighted by molar-refractivity contribution is 7.92. The van der Waals surface area contributed by atoms with E-state index in [9.17, 15) is 8.42 Å². The standard InChI is InChI=1S/C18H21NO3S/c1-13-7-9-14(10-8-13)19-23(20,21)18-12-11-17(22-2)15-5-3-4-6-16(15)18/h7-12,19H,3-6H2,1-2H3. The molecule has 4 nitrogen and oxygen atoms in total. The van der Waals surface area contributed by atoms with Gasteiger partial charge in [-0.25, -0.2) is 8.42 Å². The van der Waals surface area contributed by atoms with E-state index in [1.54, 1.807) is 31.4 Å². The predicted molar refractivity (Wildman–Crippen MR) is 91.6 cm³/mol. The summed E-state index contributed by atoms with van der Waals surface area (Å²) in [6, 6.07) is 10.8. The fourth-order valence-corrected chi connectivity index (χ4v) is 4.43. The summed E-state index contributed by atoms with van der Waals surface area (Å²) in [7, 11) is -1.97. The van der Waals surface area contributed by atoms with Crippen LogP contribution in [0.3, 0.4) is 0 Å². The molecule has 2 aromatic carbocycles. The Morgan fingerprint density at radius 3 is 2.26 bits per heavy atom. The van der Waals surface area contributed by atoms with Crippen LogP contribution in [0.15, 0.2) is 41.3 Å². The Morgan fingerprint density at radius 1 is 0.957 bits per heavy atom. The molecule has 0 atom stereocenters. The number of nitrogens with one attached hydrogen (secondary N) is 1. The molecule has 122 valence electrons. The lowest BCUT2D eigenvalue weighted by molar-refractivity contribution is 0.405. The third-order valence-corrected chi connectivity index (χ3v) is 5.73. The van der Waals surface area contributed by atoms with Crippen molar-refractivity contribution in [1.29, 1.82) is 0 Å². The van der Waals surface area contributed by atoms with Crippen molar-refractivity contribution >= 4 is 15.7 Å². The van der Waals surface area contributed by atoms with Crippen molar-refractivity contribution in [3.8, 4) is 5.75 Å². The molecule has 0 saturated heterocycles. The molecule has 2 aromatic rings. The summed E-state index contributed by atoms with van der Waals surface area (Å²) >= 11 is 0. The number of methoxy groups -OCH3 is 1. The molecule has 1 aliphatic rings. The van der Waals surface area contributed by atoms with Crippen LogP contribution in [0.25, 0.3) is 0 Å². The third kappa shape index (κ3) is 3.20. The van der Waals surface area contributed by atoms with Crippen LogP contribution in [0.1, 0.15) is 29.5 Å². The average molecular weight is 331 g/mol. The Labute approximate surface area is 137 Å². The number of rotatable bonds is 4. The van der Waals surface area contributed by atoms with Crippen LogP contribution in [0.5, 0.6) is 5.75 Å². The minimum atomic E-state index is -3.60. The highest BCUT2D eigenvalue weighted by atomic mass is 32.2. The van der Waals surface area contributed by atoms with Crippen molar-refractivity contribution in [1.82, 2.24) is 0 Å². The molecule has 0 spiro atoms. The molecule has 5 heteroatoms. The number of sulfonamides is 1. The van der Waals surface area contributed by atoms with Crippen LogP contribution in [0.4, 0.5) is 5.69 Å². The second-order valence-corrected chi connectivity index (χ2v) is 7.55. The summed E-state index contributed by atoms with van der Waals surface area (Å²) < 4.78 is 33.7. The lowest BCUT2D eigenvalue weighted by Gasteiger charge is -2.22. The number of hydrogen-bond donors (Lipinski definition) is 1. The molecule has 0 bridgehead atoms. The van der Waals surface area contributed by atoms with Gasteiger partial charge in [-0.05, 0) is 68.0 Å². The molecule has 1 aliphatic carbocycles. The molecule has 0 amide bonds. The Bertz CT molecular complexity index is 811. The van der Waals surface area contributed by atoms with Crippen molar-refractivity contribution < 1.29 is 13.2 Å². The van der Waals surface area contributed by atoms with E-state index < -0.39 is 10.0 Å². The number of aryl methyl sites for hydroxylation is 1. The normalized spacial score (nSPS) is 14.2. The van der Waals surface area contributed by atoms with E-state index in [1.165, 1.54) is 0 Å².